The summed E-state index contributed by atoms with van der Waals surface area (Å²) in [5.41, 5.74) is 2.66. The van der Waals surface area contributed by atoms with E-state index in [4.69, 9.17) is 18.9 Å². The van der Waals surface area contributed by atoms with Gasteiger partial charge < -0.3 is 29.2 Å². The van der Waals surface area contributed by atoms with Gasteiger partial charge in [-0.05, 0) is 72.2 Å². The van der Waals surface area contributed by atoms with Gasteiger partial charge in [-0.3, -0.25) is 9.59 Å². The average molecular weight is 559 g/mol. The molecular formula is C33H34O8. The second kappa shape index (κ2) is 14.4. The van der Waals surface area contributed by atoms with E-state index in [1.165, 1.54) is 32.4 Å². The maximum Gasteiger partial charge on any atom is 0.163 e. The Morgan fingerprint density at radius 1 is 0.732 bits per heavy atom. The second-order valence-electron chi connectivity index (χ2n) is 8.99. The SMILES string of the molecule is C/C=C/C(c1ccc(OC)c(OC)c1)c1cc(/C=C/C(=O)CC(=O)/C=C/c2ccc(O)c(OC)c2)cc(OC)c1O. The summed E-state index contributed by atoms with van der Waals surface area (Å²) in [6.45, 7) is 1.88. The summed E-state index contributed by atoms with van der Waals surface area (Å²) in [6.07, 6.45) is 9.26. The van der Waals surface area contributed by atoms with Crippen molar-refractivity contribution in [3.05, 3.63) is 95.1 Å². The van der Waals surface area contributed by atoms with Crippen molar-refractivity contribution in [1.29, 1.82) is 0 Å². The highest BCUT2D eigenvalue weighted by Gasteiger charge is 2.21. The van der Waals surface area contributed by atoms with E-state index in [1.807, 2.05) is 31.2 Å². The smallest absolute Gasteiger partial charge is 0.163 e. The first-order chi connectivity index (χ1) is 19.7. The lowest BCUT2D eigenvalue weighted by Crippen LogP contribution is -2.03. The molecule has 2 N–H and O–H groups in total. The van der Waals surface area contributed by atoms with Gasteiger partial charge >= 0.3 is 0 Å². The lowest BCUT2D eigenvalue weighted by atomic mass is 9.88. The summed E-state index contributed by atoms with van der Waals surface area (Å²) in [4.78, 5) is 24.9. The highest BCUT2D eigenvalue weighted by Crippen LogP contribution is 2.41. The van der Waals surface area contributed by atoms with Gasteiger partial charge in [0.05, 0.1) is 34.9 Å². The zero-order valence-electron chi connectivity index (χ0n) is 23.7. The molecule has 1 atom stereocenters. The maximum atomic E-state index is 12.6. The summed E-state index contributed by atoms with van der Waals surface area (Å²) in [7, 11) is 6.00. The fourth-order valence-corrected chi connectivity index (χ4v) is 4.24. The number of aromatic hydroxyl groups is 2. The Kier molecular flexibility index (Phi) is 10.7. The van der Waals surface area contributed by atoms with Crippen LogP contribution in [0.4, 0.5) is 0 Å². The fraction of sp³-hybridized carbons (Fsp3) is 0.212. The van der Waals surface area contributed by atoms with Crippen molar-refractivity contribution >= 4 is 23.7 Å². The zero-order valence-corrected chi connectivity index (χ0v) is 23.7. The molecule has 0 aliphatic carbocycles. The van der Waals surface area contributed by atoms with E-state index in [-0.39, 0.29) is 46.9 Å². The van der Waals surface area contributed by atoms with Crippen molar-refractivity contribution < 1.29 is 38.7 Å². The van der Waals surface area contributed by atoms with Crippen LogP contribution in [-0.2, 0) is 9.59 Å². The van der Waals surface area contributed by atoms with Gasteiger partial charge in [0.2, 0.25) is 0 Å². The summed E-state index contributed by atoms with van der Waals surface area (Å²) in [5.74, 6) is 0.501. The molecule has 0 fully saturated rings. The van der Waals surface area contributed by atoms with Gasteiger partial charge in [0.1, 0.15) is 0 Å². The Balaban J connectivity index is 1.84. The molecule has 41 heavy (non-hydrogen) atoms. The Bertz CT molecular complexity index is 1480. The predicted molar refractivity (Wildman–Crippen MR) is 158 cm³/mol. The van der Waals surface area contributed by atoms with Crippen molar-refractivity contribution in [2.75, 3.05) is 28.4 Å². The monoisotopic (exact) mass is 558 g/mol. The van der Waals surface area contributed by atoms with Crippen LogP contribution in [0.2, 0.25) is 0 Å². The number of phenolic OH excluding ortho intramolecular Hbond substituents is 2. The molecule has 8 heteroatoms. The molecule has 0 aliphatic heterocycles. The topological polar surface area (TPSA) is 112 Å². The normalized spacial score (nSPS) is 12.1. The van der Waals surface area contributed by atoms with Crippen molar-refractivity contribution in [1.82, 2.24) is 0 Å². The molecule has 3 rings (SSSR count). The molecule has 3 aromatic carbocycles. The molecule has 1 unspecified atom stereocenters. The molecule has 3 aromatic rings. The van der Waals surface area contributed by atoms with Crippen LogP contribution < -0.4 is 18.9 Å². The lowest BCUT2D eigenvalue weighted by Gasteiger charge is -2.19. The van der Waals surface area contributed by atoms with E-state index >= 15 is 0 Å². The molecule has 0 spiro atoms. The van der Waals surface area contributed by atoms with Gasteiger partial charge in [-0.15, -0.1) is 0 Å². The number of ether oxygens (including phenoxy) is 4. The molecule has 8 nitrogen and oxygen atoms in total. The number of benzene rings is 3. The highest BCUT2D eigenvalue weighted by atomic mass is 16.5. The Morgan fingerprint density at radius 3 is 1.95 bits per heavy atom. The number of hydrogen-bond donors (Lipinski definition) is 2. The highest BCUT2D eigenvalue weighted by molar-refractivity contribution is 6.10. The summed E-state index contributed by atoms with van der Waals surface area (Å²) in [6, 6.07) is 13.6. The number of phenols is 2. The van der Waals surface area contributed by atoms with Crippen molar-refractivity contribution in [3.8, 4) is 34.5 Å². The maximum absolute atomic E-state index is 12.6. The van der Waals surface area contributed by atoms with Gasteiger partial charge in [-0.2, -0.15) is 0 Å². The standard InChI is InChI=1S/C33H34O8/c1-6-7-26(23-11-15-29(38-2)31(19-23)40-4)27-16-22(18-32(41-5)33(27)37)9-13-25(35)20-24(34)12-8-21-10-14-28(36)30(17-21)39-3/h6-19,26,36-37H,20H2,1-5H3/b7-6+,12-8+,13-9+. The number of hydrogen-bond acceptors (Lipinski definition) is 8. The largest absolute Gasteiger partial charge is 0.504 e. The van der Waals surface area contributed by atoms with Gasteiger partial charge in [-0.1, -0.05) is 36.4 Å². The van der Waals surface area contributed by atoms with Crippen LogP contribution in [0.25, 0.3) is 12.2 Å². The first-order valence-electron chi connectivity index (χ1n) is 12.8. The predicted octanol–water partition coefficient (Wildman–Crippen LogP) is 6.10. The molecule has 0 heterocycles. The van der Waals surface area contributed by atoms with Crippen molar-refractivity contribution in [3.63, 3.8) is 0 Å². The summed E-state index contributed by atoms with van der Waals surface area (Å²) >= 11 is 0. The molecular weight excluding hydrogens is 524 g/mol. The van der Waals surface area contributed by atoms with E-state index < -0.39 is 0 Å². The molecule has 0 saturated heterocycles. The van der Waals surface area contributed by atoms with Crippen molar-refractivity contribution in [2.45, 2.75) is 19.3 Å². The van der Waals surface area contributed by atoms with Gasteiger partial charge in [0, 0.05) is 11.5 Å². The number of rotatable bonds is 13. The molecule has 0 aliphatic rings. The van der Waals surface area contributed by atoms with Crippen LogP contribution in [0.3, 0.4) is 0 Å². The van der Waals surface area contributed by atoms with Crippen LogP contribution in [0, 0.1) is 0 Å². The Labute approximate surface area is 239 Å². The first kappa shape index (κ1) is 30.6. The minimum Gasteiger partial charge on any atom is -0.504 e. The minimum atomic E-state index is -0.388. The van der Waals surface area contributed by atoms with Crippen LogP contribution in [0.1, 0.15) is 41.5 Å². The number of carbonyl (C=O) groups is 2. The summed E-state index contributed by atoms with van der Waals surface area (Å²) < 4.78 is 21.3. The number of allylic oxidation sites excluding steroid dienone is 4. The van der Waals surface area contributed by atoms with E-state index in [2.05, 4.69) is 0 Å². The zero-order chi connectivity index (χ0) is 29.9. The number of methoxy groups -OCH3 is 4. The second-order valence-corrected chi connectivity index (χ2v) is 8.99. The Morgan fingerprint density at radius 2 is 1.34 bits per heavy atom. The quantitative estimate of drug-likeness (QED) is 0.147. The molecule has 0 aromatic heterocycles. The molecule has 0 saturated carbocycles. The van der Waals surface area contributed by atoms with Crippen LogP contribution >= 0.6 is 0 Å². The van der Waals surface area contributed by atoms with E-state index in [9.17, 15) is 19.8 Å². The van der Waals surface area contributed by atoms with E-state index in [1.54, 1.807) is 56.7 Å². The third-order valence-electron chi connectivity index (χ3n) is 6.31. The first-order valence-corrected chi connectivity index (χ1v) is 12.8. The Hall–Kier alpha value is -4.98. The third kappa shape index (κ3) is 7.79. The average Bonchev–Trinajstić information content (AvgIpc) is 2.98. The third-order valence-corrected chi connectivity index (χ3v) is 6.31. The van der Waals surface area contributed by atoms with Crippen molar-refractivity contribution in [2.24, 2.45) is 0 Å². The number of carbonyl (C=O) groups excluding carboxylic acids is 2. The molecule has 0 radical (unpaired) electrons. The van der Waals surface area contributed by atoms with Crippen LogP contribution in [0.15, 0.2) is 72.8 Å². The number of ketones is 2. The van der Waals surface area contributed by atoms with Gasteiger partial charge in [0.25, 0.3) is 0 Å². The molecule has 0 amide bonds. The van der Waals surface area contributed by atoms with Crippen LogP contribution in [-0.4, -0.2) is 50.2 Å². The van der Waals surface area contributed by atoms with Crippen LogP contribution in [0.5, 0.6) is 34.5 Å². The fourth-order valence-electron chi connectivity index (χ4n) is 4.24. The summed E-state index contributed by atoms with van der Waals surface area (Å²) in [5, 5.41) is 20.7. The van der Waals surface area contributed by atoms with E-state index in [0.717, 1.165) is 5.56 Å². The minimum absolute atomic E-state index is 0.00827. The van der Waals surface area contributed by atoms with Gasteiger partial charge in [-0.25, -0.2) is 0 Å². The van der Waals surface area contributed by atoms with Gasteiger partial charge in [0.15, 0.2) is 46.1 Å². The lowest BCUT2D eigenvalue weighted by molar-refractivity contribution is -0.121. The molecule has 214 valence electrons. The molecule has 0 bridgehead atoms. The van der Waals surface area contributed by atoms with E-state index in [0.29, 0.717) is 28.2 Å².